The van der Waals surface area contributed by atoms with Gasteiger partial charge in [0.25, 0.3) is 10.0 Å². The van der Waals surface area contributed by atoms with Crippen LogP contribution in [-0.4, -0.2) is 21.5 Å². The monoisotopic (exact) mass is 359 g/mol. The highest BCUT2D eigenvalue weighted by molar-refractivity contribution is 7.92. The van der Waals surface area contributed by atoms with E-state index in [0.29, 0.717) is 12.1 Å². The highest BCUT2D eigenvalue weighted by Gasteiger charge is 2.30. The van der Waals surface area contributed by atoms with E-state index >= 15 is 0 Å². The number of benzene rings is 2. The Morgan fingerprint density at radius 1 is 1.08 bits per heavy atom. The number of methoxy groups -OCH3 is 1. The number of carbonyl (C=O) groups is 1. The van der Waals surface area contributed by atoms with Crippen LogP contribution in [0.5, 0.6) is 0 Å². The summed E-state index contributed by atoms with van der Waals surface area (Å²) in [6.07, 6.45) is -4.55. The lowest BCUT2D eigenvalue weighted by Gasteiger charge is -2.11. The average Bonchev–Trinajstić information content (AvgIpc) is 2.53. The Morgan fingerprint density at radius 2 is 1.71 bits per heavy atom. The summed E-state index contributed by atoms with van der Waals surface area (Å²) in [4.78, 5) is 11.1. The molecule has 0 aliphatic rings. The van der Waals surface area contributed by atoms with Gasteiger partial charge < -0.3 is 4.74 Å². The summed E-state index contributed by atoms with van der Waals surface area (Å²) in [5.74, 6) is -0.648. The minimum absolute atomic E-state index is 0.0813. The van der Waals surface area contributed by atoms with Crippen molar-refractivity contribution in [1.82, 2.24) is 0 Å². The molecule has 0 saturated heterocycles. The largest absolute Gasteiger partial charge is 0.465 e. The molecule has 0 aromatic heterocycles. The quantitative estimate of drug-likeness (QED) is 0.851. The molecule has 128 valence electrons. The van der Waals surface area contributed by atoms with Gasteiger partial charge in [0.1, 0.15) is 0 Å². The number of hydrogen-bond donors (Lipinski definition) is 1. The van der Waals surface area contributed by atoms with Gasteiger partial charge in [0, 0.05) is 5.69 Å². The van der Waals surface area contributed by atoms with E-state index in [4.69, 9.17) is 0 Å². The Balaban J connectivity index is 2.27. The van der Waals surface area contributed by atoms with Crippen molar-refractivity contribution >= 4 is 21.7 Å². The third-order valence-electron chi connectivity index (χ3n) is 3.03. The molecule has 0 unspecified atom stereocenters. The van der Waals surface area contributed by atoms with Gasteiger partial charge >= 0.3 is 12.1 Å². The summed E-state index contributed by atoms with van der Waals surface area (Å²) < 4.78 is 68.7. The molecule has 0 aliphatic carbocycles. The molecule has 0 heterocycles. The van der Waals surface area contributed by atoms with Crippen LogP contribution in [0.3, 0.4) is 0 Å². The normalized spacial score (nSPS) is 11.8. The van der Waals surface area contributed by atoms with Crippen molar-refractivity contribution in [3.05, 3.63) is 59.7 Å². The first kappa shape index (κ1) is 17.8. The molecule has 2 aromatic rings. The Hall–Kier alpha value is -2.55. The van der Waals surface area contributed by atoms with Crippen LogP contribution in [-0.2, 0) is 20.9 Å². The molecule has 0 amide bonds. The molecule has 0 saturated carbocycles. The summed E-state index contributed by atoms with van der Waals surface area (Å²) in [6, 6.07) is 8.60. The van der Waals surface area contributed by atoms with Gasteiger partial charge in [-0.05, 0) is 42.5 Å². The lowest BCUT2D eigenvalue weighted by Crippen LogP contribution is -2.14. The van der Waals surface area contributed by atoms with Gasteiger partial charge in [-0.25, -0.2) is 13.2 Å². The van der Waals surface area contributed by atoms with Crippen LogP contribution >= 0.6 is 0 Å². The van der Waals surface area contributed by atoms with Gasteiger partial charge in [-0.2, -0.15) is 13.2 Å². The van der Waals surface area contributed by atoms with Crippen molar-refractivity contribution in [2.45, 2.75) is 11.1 Å². The van der Waals surface area contributed by atoms with Gasteiger partial charge in [-0.15, -0.1) is 0 Å². The van der Waals surface area contributed by atoms with Gasteiger partial charge in [-0.3, -0.25) is 4.72 Å². The molecule has 0 radical (unpaired) electrons. The Morgan fingerprint density at radius 3 is 2.25 bits per heavy atom. The van der Waals surface area contributed by atoms with Crippen LogP contribution in [0.1, 0.15) is 15.9 Å². The number of carbonyl (C=O) groups excluding carboxylic acids is 1. The van der Waals surface area contributed by atoms with Crippen molar-refractivity contribution in [2.24, 2.45) is 0 Å². The van der Waals surface area contributed by atoms with Gasteiger partial charge in [0.05, 0.1) is 23.1 Å². The fourth-order valence-corrected chi connectivity index (χ4v) is 2.91. The molecule has 1 N–H and O–H groups in total. The molecule has 9 heteroatoms. The van der Waals surface area contributed by atoms with E-state index in [2.05, 4.69) is 9.46 Å². The topological polar surface area (TPSA) is 72.5 Å². The second-order valence-electron chi connectivity index (χ2n) is 4.70. The lowest BCUT2D eigenvalue weighted by atomic mass is 10.2. The molecule has 0 fully saturated rings. The van der Waals surface area contributed by atoms with Crippen LogP contribution in [0.2, 0.25) is 0 Å². The third-order valence-corrected chi connectivity index (χ3v) is 4.43. The Kier molecular flexibility index (Phi) is 4.83. The molecule has 2 rings (SSSR count). The molecule has 0 bridgehead atoms. The number of hydrogen-bond acceptors (Lipinski definition) is 4. The minimum atomic E-state index is -4.55. The zero-order valence-corrected chi connectivity index (χ0v) is 13.1. The van der Waals surface area contributed by atoms with Crippen molar-refractivity contribution in [3.8, 4) is 0 Å². The molecule has 0 aliphatic heterocycles. The van der Waals surface area contributed by atoms with E-state index < -0.39 is 27.7 Å². The van der Waals surface area contributed by atoms with Crippen LogP contribution in [0.25, 0.3) is 0 Å². The van der Waals surface area contributed by atoms with E-state index in [1.807, 2.05) is 0 Å². The number of anilines is 1. The van der Waals surface area contributed by atoms with Crippen molar-refractivity contribution < 1.29 is 31.1 Å². The van der Waals surface area contributed by atoms with E-state index in [0.717, 1.165) is 12.1 Å². The van der Waals surface area contributed by atoms with Crippen molar-refractivity contribution in [3.63, 3.8) is 0 Å². The zero-order chi connectivity index (χ0) is 18.0. The van der Waals surface area contributed by atoms with Crippen LogP contribution in [0, 0.1) is 0 Å². The number of esters is 1. The maximum absolute atomic E-state index is 12.5. The van der Waals surface area contributed by atoms with E-state index in [1.165, 1.54) is 31.4 Å². The predicted octanol–water partition coefficient (Wildman–Crippen LogP) is 3.29. The van der Waals surface area contributed by atoms with Gasteiger partial charge in [0.2, 0.25) is 0 Å². The maximum atomic E-state index is 12.5. The van der Waals surface area contributed by atoms with Crippen LogP contribution < -0.4 is 4.72 Å². The van der Waals surface area contributed by atoms with E-state index in [-0.39, 0.29) is 16.1 Å². The first-order valence-electron chi connectivity index (χ1n) is 6.52. The fourth-order valence-electron chi connectivity index (χ4n) is 1.86. The van der Waals surface area contributed by atoms with Crippen molar-refractivity contribution in [2.75, 3.05) is 11.8 Å². The molecule has 24 heavy (non-hydrogen) atoms. The number of ether oxygens (including phenoxy) is 1. The number of halogens is 3. The van der Waals surface area contributed by atoms with E-state index in [1.54, 1.807) is 0 Å². The average molecular weight is 359 g/mol. The molecule has 0 spiro atoms. The van der Waals surface area contributed by atoms with Gasteiger partial charge in [0.15, 0.2) is 0 Å². The summed E-state index contributed by atoms with van der Waals surface area (Å²) in [7, 11) is -2.91. The number of rotatable bonds is 4. The minimum Gasteiger partial charge on any atom is -0.465 e. The fraction of sp³-hybridized carbons (Fsp3) is 0.133. The number of nitrogens with one attached hydrogen (secondary N) is 1. The standard InChI is InChI=1S/C15H12F3NO4S/c1-23-14(20)10-3-2-4-12(9-10)19-24(21,22)13-7-5-11(6-8-13)15(16,17)18/h2-9,19H,1H3. The first-order valence-corrected chi connectivity index (χ1v) is 8.00. The highest BCUT2D eigenvalue weighted by atomic mass is 32.2. The third kappa shape index (κ3) is 4.05. The second kappa shape index (κ2) is 6.52. The SMILES string of the molecule is COC(=O)c1cccc(NS(=O)(=O)c2ccc(C(F)(F)F)cc2)c1. The van der Waals surface area contributed by atoms with Gasteiger partial charge in [-0.1, -0.05) is 6.07 Å². The van der Waals surface area contributed by atoms with Crippen LogP contribution in [0.4, 0.5) is 18.9 Å². The summed E-state index contributed by atoms with van der Waals surface area (Å²) in [5, 5.41) is 0. The predicted molar refractivity (Wildman–Crippen MR) is 80.0 cm³/mol. The van der Waals surface area contributed by atoms with E-state index in [9.17, 15) is 26.4 Å². The Labute approximate surface area is 136 Å². The van der Waals surface area contributed by atoms with Crippen LogP contribution in [0.15, 0.2) is 53.4 Å². The molecule has 2 aromatic carbocycles. The zero-order valence-electron chi connectivity index (χ0n) is 12.3. The maximum Gasteiger partial charge on any atom is 0.416 e. The molecular weight excluding hydrogens is 347 g/mol. The molecule has 5 nitrogen and oxygen atoms in total. The molecule has 0 atom stereocenters. The Bertz CT molecular complexity index is 846. The first-order chi connectivity index (χ1) is 11.1. The highest BCUT2D eigenvalue weighted by Crippen LogP contribution is 2.30. The molecular formula is C15H12F3NO4S. The summed E-state index contributed by atoms with van der Waals surface area (Å²) in [5.41, 5.74) is -0.739. The lowest BCUT2D eigenvalue weighted by molar-refractivity contribution is -0.137. The summed E-state index contributed by atoms with van der Waals surface area (Å²) >= 11 is 0. The second-order valence-corrected chi connectivity index (χ2v) is 6.38. The number of sulfonamides is 1. The number of alkyl halides is 3. The smallest absolute Gasteiger partial charge is 0.416 e. The van der Waals surface area contributed by atoms with Crippen molar-refractivity contribution in [1.29, 1.82) is 0 Å². The summed E-state index contributed by atoms with van der Waals surface area (Å²) in [6.45, 7) is 0.